The fraction of sp³-hybridized carbons (Fsp3) is 0.118. The highest BCUT2D eigenvalue weighted by Crippen LogP contribution is 2.13. The van der Waals surface area contributed by atoms with E-state index in [1.54, 1.807) is 36.3 Å². The molecule has 1 aromatic carbocycles. The third-order valence-corrected chi connectivity index (χ3v) is 3.33. The third kappa shape index (κ3) is 3.79. The predicted octanol–water partition coefficient (Wildman–Crippen LogP) is 2.80. The van der Waals surface area contributed by atoms with Crippen molar-refractivity contribution in [3.63, 3.8) is 0 Å². The first-order valence-corrected chi connectivity index (χ1v) is 7.09. The smallest absolute Gasteiger partial charge is 0.260 e. The lowest BCUT2D eigenvalue weighted by atomic mass is 10.1. The van der Waals surface area contributed by atoms with E-state index in [-0.39, 0.29) is 11.7 Å². The average molecular weight is 310 g/mol. The number of amides is 1. The summed E-state index contributed by atoms with van der Waals surface area (Å²) in [4.78, 5) is 16.2. The Balaban J connectivity index is 1.66. The molecule has 1 N–H and O–H groups in total. The van der Waals surface area contributed by atoms with E-state index in [2.05, 4.69) is 15.4 Å². The number of hydrogen-bond donors (Lipinski definition) is 1. The van der Waals surface area contributed by atoms with E-state index in [1.807, 2.05) is 12.1 Å². The highest BCUT2D eigenvalue weighted by Gasteiger charge is 2.08. The molecular formula is C17H15FN4O. The summed E-state index contributed by atoms with van der Waals surface area (Å²) in [5, 5.41) is 6.66. The number of aromatic nitrogens is 3. The standard InChI is InChI=1S/C17H15FN4O/c1-22-11-14(10-20-22)17(23)21-16-6-5-13(9-19-16)7-12-3-2-4-15(18)8-12/h2-6,8-11H,7H2,1H3,(H,19,21,23). The van der Waals surface area contributed by atoms with Crippen molar-refractivity contribution in [2.24, 2.45) is 7.05 Å². The van der Waals surface area contributed by atoms with Crippen LogP contribution in [0.1, 0.15) is 21.5 Å². The molecule has 0 saturated carbocycles. The first kappa shape index (κ1) is 14.9. The van der Waals surface area contributed by atoms with Crippen LogP contribution in [0.4, 0.5) is 10.2 Å². The molecule has 0 atom stereocenters. The monoisotopic (exact) mass is 310 g/mol. The maximum absolute atomic E-state index is 13.2. The zero-order valence-electron chi connectivity index (χ0n) is 12.5. The Morgan fingerprint density at radius 1 is 1.22 bits per heavy atom. The number of pyridine rings is 1. The van der Waals surface area contributed by atoms with Crippen molar-refractivity contribution in [3.8, 4) is 0 Å². The first-order valence-electron chi connectivity index (χ1n) is 7.09. The summed E-state index contributed by atoms with van der Waals surface area (Å²) < 4.78 is 14.7. The lowest BCUT2D eigenvalue weighted by molar-refractivity contribution is 0.102. The van der Waals surface area contributed by atoms with Crippen molar-refractivity contribution in [2.45, 2.75) is 6.42 Å². The minimum Gasteiger partial charge on any atom is -0.306 e. The number of anilines is 1. The molecule has 0 unspecified atom stereocenters. The molecule has 0 aliphatic carbocycles. The summed E-state index contributed by atoms with van der Waals surface area (Å²) in [5.41, 5.74) is 2.28. The Morgan fingerprint density at radius 3 is 2.74 bits per heavy atom. The highest BCUT2D eigenvalue weighted by molar-refractivity contribution is 6.03. The largest absolute Gasteiger partial charge is 0.306 e. The second-order valence-electron chi connectivity index (χ2n) is 5.22. The van der Waals surface area contributed by atoms with Crippen LogP contribution in [0, 0.1) is 5.82 Å². The van der Waals surface area contributed by atoms with Crippen molar-refractivity contribution >= 4 is 11.7 Å². The van der Waals surface area contributed by atoms with Crippen molar-refractivity contribution < 1.29 is 9.18 Å². The van der Waals surface area contributed by atoms with Crippen LogP contribution in [0.25, 0.3) is 0 Å². The molecular weight excluding hydrogens is 295 g/mol. The zero-order valence-corrected chi connectivity index (χ0v) is 12.5. The third-order valence-electron chi connectivity index (χ3n) is 3.33. The number of nitrogens with zero attached hydrogens (tertiary/aromatic N) is 3. The number of aryl methyl sites for hydroxylation is 1. The second kappa shape index (κ2) is 6.39. The average Bonchev–Trinajstić information content (AvgIpc) is 2.96. The Hall–Kier alpha value is -3.02. The summed E-state index contributed by atoms with van der Waals surface area (Å²) >= 11 is 0. The molecule has 0 aliphatic heterocycles. The normalized spacial score (nSPS) is 10.5. The predicted molar refractivity (Wildman–Crippen MR) is 84.6 cm³/mol. The van der Waals surface area contributed by atoms with Gasteiger partial charge in [0.05, 0.1) is 11.8 Å². The molecule has 3 rings (SSSR count). The molecule has 3 aromatic rings. The van der Waals surface area contributed by atoms with Gasteiger partial charge in [0.25, 0.3) is 5.91 Å². The van der Waals surface area contributed by atoms with Gasteiger partial charge in [-0.25, -0.2) is 9.37 Å². The van der Waals surface area contributed by atoms with Gasteiger partial charge in [0.2, 0.25) is 0 Å². The molecule has 0 bridgehead atoms. The molecule has 1 amide bonds. The molecule has 0 radical (unpaired) electrons. The van der Waals surface area contributed by atoms with Crippen LogP contribution in [0.5, 0.6) is 0 Å². The molecule has 6 heteroatoms. The van der Waals surface area contributed by atoms with Crippen LogP contribution < -0.4 is 5.32 Å². The molecule has 0 spiro atoms. The van der Waals surface area contributed by atoms with Crippen LogP contribution in [-0.4, -0.2) is 20.7 Å². The summed E-state index contributed by atoms with van der Waals surface area (Å²) in [6, 6.07) is 10.0. The summed E-state index contributed by atoms with van der Waals surface area (Å²) in [6.45, 7) is 0. The second-order valence-corrected chi connectivity index (χ2v) is 5.22. The summed E-state index contributed by atoms with van der Waals surface area (Å²) in [6.07, 6.45) is 5.38. The Morgan fingerprint density at radius 2 is 2.09 bits per heavy atom. The van der Waals surface area contributed by atoms with E-state index in [1.165, 1.54) is 18.3 Å². The molecule has 2 heterocycles. The number of halogens is 1. The maximum atomic E-state index is 13.2. The molecule has 23 heavy (non-hydrogen) atoms. The zero-order chi connectivity index (χ0) is 16.2. The quantitative estimate of drug-likeness (QED) is 0.806. The summed E-state index contributed by atoms with van der Waals surface area (Å²) in [7, 11) is 1.75. The van der Waals surface area contributed by atoms with Crippen molar-refractivity contribution in [2.75, 3.05) is 5.32 Å². The van der Waals surface area contributed by atoms with Crippen LogP contribution in [0.15, 0.2) is 55.0 Å². The molecule has 116 valence electrons. The molecule has 0 aliphatic rings. The van der Waals surface area contributed by atoms with E-state index < -0.39 is 0 Å². The highest BCUT2D eigenvalue weighted by atomic mass is 19.1. The van der Waals surface area contributed by atoms with Crippen LogP contribution >= 0.6 is 0 Å². The number of hydrogen-bond acceptors (Lipinski definition) is 3. The van der Waals surface area contributed by atoms with Gasteiger partial charge in [0, 0.05) is 19.4 Å². The van der Waals surface area contributed by atoms with Crippen LogP contribution in [-0.2, 0) is 13.5 Å². The molecule has 2 aromatic heterocycles. The lowest BCUT2D eigenvalue weighted by Gasteiger charge is -2.05. The van der Waals surface area contributed by atoms with Gasteiger partial charge in [-0.05, 0) is 35.7 Å². The number of nitrogens with one attached hydrogen (secondary N) is 1. The van der Waals surface area contributed by atoms with Crippen molar-refractivity contribution in [1.29, 1.82) is 0 Å². The van der Waals surface area contributed by atoms with Gasteiger partial charge in [-0.1, -0.05) is 18.2 Å². The van der Waals surface area contributed by atoms with Gasteiger partial charge < -0.3 is 5.32 Å². The van der Waals surface area contributed by atoms with Gasteiger partial charge in [0.1, 0.15) is 11.6 Å². The Bertz CT molecular complexity index is 827. The SMILES string of the molecule is Cn1cc(C(=O)Nc2ccc(Cc3cccc(F)c3)cn2)cn1. The van der Waals surface area contributed by atoms with Gasteiger partial charge in [0.15, 0.2) is 0 Å². The van der Waals surface area contributed by atoms with Crippen molar-refractivity contribution in [1.82, 2.24) is 14.8 Å². The first-order chi connectivity index (χ1) is 11.1. The fourth-order valence-corrected chi connectivity index (χ4v) is 2.21. The number of carbonyl (C=O) groups is 1. The Kier molecular flexibility index (Phi) is 4.14. The number of benzene rings is 1. The van der Waals surface area contributed by atoms with E-state index >= 15 is 0 Å². The molecule has 5 nitrogen and oxygen atoms in total. The minimum absolute atomic E-state index is 0.254. The topological polar surface area (TPSA) is 59.8 Å². The van der Waals surface area contributed by atoms with Crippen LogP contribution in [0.2, 0.25) is 0 Å². The van der Waals surface area contributed by atoms with Crippen LogP contribution in [0.3, 0.4) is 0 Å². The Labute approximate surface area is 132 Å². The van der Waals surface area contributed by atoms with Crippen molar-refractivity contribution in [3.05, 3.63) is 77.5 Å². The van der Waals surface area contributed by atoms with Gasteiger partial charge >= 0.3 is 0 Å². The fourth-order valence-electron chi connectivity index (χ4n) is 2.21. The number of carbonyl (C=O) groups excluding carboxylic acids is 1. The lowest BCUT2D eigenvalue weighted by Crippen LogP contribution is -2.12. The van der Waals surface area contributed by atoms with Gasteiger partial charge in [-0.3, -0.25) is 9.48 Å². The minimum atomic E-state index is -0.261. The van der Waals surface area contributed by atoms with E-state index in [0.717, 1.165) is 11.1 Å². The van der Waals surface area contributed by atoms with Gasteiger partial charge in [-0.2, -0.15) is 5.10 Å². The molecule has 0 fully saturated rings. The molecule has 0 saturated heterocycles. The maximum Gasteiger partial charge on any atom is 0.260 e. The van der Waals surface area contributed by atoms with E-state index in [4.69, 9.17) is 0 Å². The van der Waals surface area contributed by atoms with Gasteiger partial charge in [-0.15, -0.1) is 0 Å². The van der Waals surface area contributed by atoms with E-state index in [9.17, 15) is 9.18 Å². The van der Waals surface area contributed by atoms with E-state index in [0.29, 0.717) is 17.8 Å². The summed E-state index contributed by atoms with van der Waals surface area (Å²) in [5.74, 6) is -0.0545. The number of rotatable bonds is 4.